The van der Waals surface area contributed by atoms with Gasteiger partial charge >= 0.3 is 0 Å². The van der Waals surface area contributed by atoms with Crippen molar-refractivity contribution in [1.82, 2.24) is 4.98 Å². The first-order chi connectivity index (χ1) is 14.0. The van der Waals surface area contributed by atoms with E-state index in [1.807, 2.05) is 44.2 Å². The van der Waals surface area contributed by atoms with Gasteiger partial charge in [0.1, 0.15) is 11.3 Å². The molecule has 1 heterocycles. The number of phenolic OH excluding ortho intramolecular Hbond substituents is 1. The van der Waals surface area contributed by atoms with Crippen molar-refractivity contribution in [3.8, 4) is 5.75 Å². The largest absolute Gasteiger partial charge is 0.507 e. The predicted molar refractivity (Wildman–Crippen MR) is 119 cm³/mol. The normalized spacial score (nSPS) is 13.9. The molecule has 1 aliphatic carbocycles. The van der Waals surface area contributed by atoms with Gasteiger partial charge in [0.15, 0.2) is 5.58 Å². The minimum atomic E-state index is -0.00626. The zero-order valence-corrected chi connectivity index (χ0v) is 17.1. The van der Waals surface area contributed by atoms with Crippen LogP contribution in [0.25, 0.3) is 23.3 Å². The molecule has 1 N–H and O–H groups in total. The van der Waals surface area contributed by atoms with E-state index in [1.54, 1.807) is 18.2 Å². The molecule has 146 valence electrons. The van der Waals surface area contributed by atoms with Crippen molar-refractivity contribution in [3.05, 3.63) is 81.6 Å². The summed E-state index contributed by atoms with van der Waals surface area (Å²) in [5.41, 5.74) is 4.50. The number of carbonyl (C=O) groups excluding carboxylic acids is 1. The average Bonchev–Trinajstić information content (AvgIpc) is 3.13. The summed E-state index contributed by atoms with van der Waals surface area (Å²) in [7, 11) is 0. The van der Waals surface area contributed by atoms with Crippen molar-refractivity contribution < 1.29 is 14.3 Å². The molecule has 0 saturated heterocycles. The van der Waals surface area contributed by atoms with Gasteiger partial charge in [-0.2, -0.15) is 0 Å². The molecule has 0 saturated carbocycles. The second kappa shape index (κ2) is 8.13. The number of aromatic hydroxyl groups is 1. The SMILES string of the molecule is Cc1cc(/C=C/c2nc3ccc(C(=O)SC4=CCCC=C4)cc3o2)cc(C)c1O. The number of hydrogen-bond acceptors (Lipinski definition) is 5. The van der Waals surface area contributed by atoms with Crippen LogP contribution in [0.4, 0.5) is 0 Å². The molecule has 2 aromatic carbocycles. The lowest BCUT2D eigenvalue weighted by molar-refractivity contribution is 0.108. The summed E-state index contributed by atoms with van der Waals surface area (Å²) in [4.78, 5) is 18.0. The van der Waals surface area contributed by atoms with Gasteiger partial charge < -0.3 is 9.52 Å². The molecule has 0 fully saturated rings. The van der Waals surface area contributed by atoms with Crippen molar-refractivity contribution in [1.29, 1.82) is 0 Å². The van der Waals surface area contributed by atoms with Gasteiger partial charge in [-0.3, -0.25) is 4.79 Å². The molecule has 4 rings (SSSR count). The zero-order chi connectivity index (χ0) is 20.4. The van der Waals surface area contributed by atoms with Gasteiger partial charge in [0.05, 0.1) is 0 Å². The number of aryl methyl sites for hydroxylation is 2. The Hall–Kier alpha value is -3.05. The Balaban J connectivity index is 1.54. The lowest BCUT2D eigenvalue weighted by Gasteiger charge is -2.05. The van der Waals surface area contributed by atoms with Gasteiger partial charge in [0.25, 0.3) is 0 Å². The molecule has 0 amide bonds. The predicted octanol–water partition coefficient (Wildman–Crippen LogP) is 6.43. The standard InChI is InChI=1S/C24H21NO3S/c1-15-12-17(13-16(2)23(15)26)8-11-22-25-20-10-9-18(14-21(20)28-22)24(27)29-19-6-4-3-5-7-19/h4,6-14,26H,3,5H2,1-2H3/b11-8+. The van der Waals surface area contributed by atoms with Gasteiger partial charge in [-0.25, -0.2) is 4.98 Å². The highest BCUT2D eigenvalue weighted by Crippen LogP contribution is 2.28. The third kappa shape index (κ3) is 4.35. The van der Waals surface area contributed by atoms with Gasteiger partial charge in [-0.05, 0) is 91.5 Å². The maximum Gasteiger partial charge on any atom is 0.224 e. The fourth-order valence-corrected chi connectivity index (χ4v) is 4.05. The molecule has 1 aliphatic rings. The molecule has 0 atom stereocenters. The second-order valence-corrected chi connectivity index (χ2v) is 8.09. The van der Waals surface area contributed by atoms with Crippen molar-refractivity contribution in [2.75, 3.05) is 0 Å². The van der Waals surface area contributed by atoms with E-state index in [-0.39, 0.29) is 5.12 Å². The van der Waals surface area contributed by atoms with Crippen LogP contribution in [0, 0.1) is 13.8 Å². The van der Waals surface area contributed by atoms with Crippen LogP contribution in [-0.2, 0) is 0 Å². The maximum atomic E-state index is 12.6. The number of nitrogens with zero attached hydrogens (tertiary/aromatic N) is 1. The van der Waals surface area contributed by atoms with Crippen molar-refractivity contribution in [2.45, 2.75) is 26.7 Å². The van der Waals surface area contributed by atoms with E-state index in [2.05, 4.69) is 17.1 Å². The highest BCUT2D eigenvalue weighted by molar-refractivity contribution is 8.17. The lowest BCUT2D eigenvalue weighted by atomic mass is 10.1. The number of thioether (sulfide) groups is 1. The number of allylic oxidation sites excluding steroid dienone is 3. The number of fused-ring (bicyclic) bond motifs is 1. The fraction of sp³-hybridized carbons (Fsp3) is 0.167. The summed E-state index contributed by atoms with van der Waals surface area (Å²) in [5.74, 6) is 0.789. The summed E-state index contributed by atoms with van der Waals surface area (Å²) in [6.07, 6.45) is 11.9. The average molecular weight is 404 g/mol. The van der Waals surface area contributed by atoms with E-state index in [0.717, 1.165) is 34.4 Å². The van der Waals surface area contributed by atoms with Gasteiger partial charge in [0, 0.05) is 16.5 Å². The Bertz CT molecular complexity index is 1160. The van der Waals surface area contributed by atoms with Crippen LogP contribution in [0.2, 0.25) is 0 Å². The van der Waals surface area contributed by atoms with Crippen molar-refractivity contribution in [3.63, 3.8) is 0 Å². The maximum absolute atomic E-state index is 12.6. The number of carbonyl (C=O) groups is 1. The van der Waals surface area contributed by atoms with Gasteiger partial charge in [-0.15, -0.1) is 0 Å². The summed E-state index contributed by atoms with van der Waals surface area (Å²) < 4.78 is 5.82. The summed E-state index contributed by atoms with van der Waals surface area (Å²) in [6, 6.07) is 9.15. The Morgan fingerprint density at radius 1 is 1.14 bits per heavy atom. The molecule has 3 aromatic rings. The first kappa shape index (κ1) is 19.3. The highest BCUT2D eigenvalue weighted by atomic mass is 32.2. The van der Waals surface area contributed by atoms with Crippen molar-refractivity contribution >= 4 is 40.1 Å². The molecule has 29 heavy (non-hydrogen) atoms. The van der Waals surface area contributed by atoms with E-state index in [0.29, 0.717) is 28.3 Å². The minimum absolute atomic E-state index is 0.00626. The van der Waals surface area contributed by atoms with Crippen LogP contribution in [0.15, 0.2) is 57.9 Å². The molecular weight excluding hydrogens is 382 g/mol. The Morgan fingerprint density at radius 3 is 2.66 bits per heavy atom. The minimum Gasteiger partial charge on any atom is -0.507 e. The molecular formula is C24H21NO3S. The molecule has 1 aromatic heterocycles. The number of aromatic nitrogens is 1. The molecule has 4 nitrogen and oxygen atoms in total. The molecule has 0 radical (unpaired) electrons. The number of hydrogen-bond donors (Lipinski definition) is 1. The first-order valence-corrected chi connectivity index (χ1v) is 10.3. The highest BCUT2D eigenvalue weighted by Gasteiger charge is 2.13. The quantitative estimate of drug-likeness (QED) is 0.544. The number of phenols is 1. The third-order valence-corrected chi connectivity index (χ3v) is 5.70. The zero-order valence-electron chi connectivity index (χ0n) is 16.3. The fourth-order valence-electron chi connectivity index (χ4n) is 3.22. The van der Waals surface area contributed by atoms with E-state index >= 15 is 0 Å². The van der Waals surface area contributed by atoms with Gasteiger partial charge in [-0.1, -0.05) is 18.2 Å². The molecule has 0 unspecified atom stereocenters. The Morgan fingerprint density at radius 2 is 1.93 bits per heavy atom. The summed E-state index contributed by atoms with van der Waals surface area (Å²) in [6.45, 7) is 3.74. The van der Waals surface area contributed by atoms with Crippen LogP contribution < -0.4 is 0 Å². The lowest BCUT2D eigenvalue weighted by Crippen LogP contribution is -1.94. The Labute approximate surface area is 173 Å². The van der Waals surface area contributed by atoms with Crippen LogP contribution in [0.3, 0.4) is 0 Å². The summed E-state index contributed by atoms with van der Waals surface area (Å²) in [5, 5.41) is 9.89. The first-order valence-electron chi connectivity index (χ1n) is 9.47. The molecule has 0 aliphatic heterocycles. The molecule has 0 spiro atoms. The molecule has 5 heteroatoms. The topological polar surface area (TPSA) is 63.3 Å². The third-order valence-electron chi connectivity index (χ3n) is 4.74. The monoisotopic (exact) mass is 403 g/mol. The number of oxazole rings is 1. The number of benzene rings is 2. The van der Waals surface area contributed by atoms with Crippen LogP contribution in [0.1, 0.15) is 45.8 Å². The van der Waals surface area contributed by atoms with Crippen LogP contribution in [-0.4, -0.2) is 15.2 Å². The van der Waals surface area contributed by atoms with Crippen LogP contribution >= 0.6 is 11.8 Å². The second-order valence-electron chi connectivity index (χ2n) is 7.05. The Kier molecular flexibility index (Phi) is 5.41. The van der Waals surface area contributed by atoms with Crippen molar-refractivity contribution in [2.24, 2.45) is 0 Å². The van der Waals surface area contributed by atoms with Gasteiger partial charge in [0.2, 0.25) is 11.0 Å². The smallest absolute Gasteiger partial charge is 0.224 e. The summed E-state index contributed by atoms with van der Waals surface area (Å²) >= 11 is 1.24. The number of rotatable bonds is 4. The van der Waals surface area contributed by atoms with E-state index < -0.39 is 0 Å². The van der Waals surface area contributed by atoms with E-state index in [1.165, 1.54) is 11.8 Å². The molecule has 0 bridgehead atoms. The van der Waals surface area contributed by atoms with E-state index in [9.17, 15) is 9.90 Å². The van der Waals surface area contributed by atoms with Crippen LogP contribution in [0.5, 0.6) is 5.75 Å². The van der Waals surface area contributed by atoms with E-state index in [4.69, 9.17) is 4.42 Å².